The Labute approximate surface area is 325 Å². The molecule has 0 radical (unpaired) electrons. The highest BCUT2D eigenvalue weighted by molar-refractivity contribution is 6.28. The Morgan fingerprint density at radius 3 is 1.31 bits per heavy atom. The number of hydrogen-bond donors (Lipinski definition) is 0. The molecule has 0 aliphatic rings. The van der Waals surface area contributed by atoms with Gasteiger partial charge in [0.25, 0.3) is 0 Å². The van der Waals surface area contributed by atoms with Gasteiger partial charge in [-0.3, -0.25) is 0 Å². The minimum atomic E-state index is -0.561. The molecule has 0 aliphatic carbocycles. The van der Waals surface area contributed by atoms with Crippen LogP contribution in [0.5, 0.6) is 0 Å². The van der Waals surface area contributed by atoms with Crippen LogP contribution in [0.15, 0.2) is 182 Å². The molecule has 0 spiro atoms. The lowest BCUT2D eigenvalue weighted by Crippen LogP contribution is -1.91. The lowest BCUT2D eigenvalue weighted by atomic mass is 9.85. The van der Waals surface area contributed by atoms with Crippen LogP contribution in [0.4, 0.5) is 0 Å². The summed E-state index contributed by atoms with van der Waals surface area (Å²) in [4.78, 5) is 0. The van der Waals surface area contributed by atoms with Crippen LogP contribution >= 0.6 is 0 Å². The molecule has 0 aliphatic heterocycles. The van der Waals surface area contributed by atoms with Crippen LogP contribution in [0.3, 0.4) is 0 Å². The molecule has 0 bridgehead atoms. The molecule has 0 amide bonds. The predicted molar refractivity (Wildman–Crippen MR) is 225 cm³/mol. The molecule has 0 aromatic heterocycles. The zero-order valence-electron chi connectivity index (χ0n) is 44.9. The molecule has 0 heterocycles. The van der Waals surface area contributed by atoms with Gasteiger partial charge in [0.15, 0.2) is 0 Å². The molecule has 52 heavy (non-hydrogen) atoms. The van der Waals surface area contributed by atoms with E-state index >= 15 is 0 Å². The largest absolute Gasteiger partial charge is 0.0630 e. The van der Waals surface area contributed by atoms with Gasteiger partial charge < -0.3 is 0 Å². The second kappa shape index (κ2) is 10.4. The van der Waals surface area contributed by atoms with Gasteiger partial charge in [-0.15, -0.1) is 0 Å². The zero-order valence-corrected chi connectivity index (χ0v) is 26.9. The minimum absolute atomic E-state index is 0.0246. The first-order chi connectivity index (χ1) is 33.3. The van der Waals surface area contributed by atoms with E-state index in [-0.39, 0.29) is 87.8 Å². The van der Waals surface area contributed by atoms with Crippen molar-refractivity contribution >= 4 is 86.2 Å². The Morgan fingerprint density at radius 1 is 0.269 bits per heavy atom. The number of fused-ring (bicyclic) bond motifs is 2. The van der Waals surface area contributed by atoms with E-state index in [1.165, 1.54) is 0 Å². The predicted octanol–water partition coefficient (Wildman–Crippen LogP) is 14.8. The summed E-state index contributed by atoms with van der Waals surface area (Å²) in [6, 6.07) is 13.4. The maximum absolute atomic E-state index is 9.59. The Morgan fingerprint density at radius 2 is 0.712 bits per heavy atom. The molecule has 0 heteroatoms. The Kier molecular flexibility index (Phi) is 3.21. The van der Waals surface area contributed by atoms with E-state index < -0.39 is 96.7 Å². The first-order valence-corrected chi connectivity index (χ1v) is 16.7. The second-order valence-electron chi connectivity index (χ2n) is 13.0. The van der Waals surface area contributed by atoms with E-state index in [9.17, 15) is 11.0 Å². The van der Waals surface area contributed by atoms with Crippen molar-refractivity contribution in [3.8, 4) is 33.4 Å². The SMILES string of the molecule is [2H]c1c([2H])c2c([2H])c([2H])c3c([2H])c([2H])c(-c4cc(-c5ccc(-c6c([2H])c([2H])c7c([2H])c([2H])c8c([2H])c([2H])c([2H])c9c([2H])c([2H])c6c7c89)c6ccccc56)cc5ccccc45)c4c([2H])c([2H])c(c1[2H])c2c34. The van der Waals surface area contributed by atoms with E-state index in [1.807, 2.05) is 36.4 Å². The quantitative estimate of drug-likeness (QED) is 0.164. The first kappa shape index (κ1) is 16.1. The van der Waals surface area contributed by atoms with Gasteiger partial charge in [-0.05, 0) is 132 Å². The van der Waals surface area contributed by atoms with Crippen molar-refractivity contribution in [3.05, 3.63) is 182 Å². The van der Waals surface area contributed by atoms with Gasteiger partial charge in [0.05, 0.1) is 24.7 Å². The summed E-state index contributed by atoms with van der Waals surface area (Å²) in [6.45, 7) is 0. The van der Waals surface area contributed by atoms with E-state index in [0.29, 0.717) is 43.8 Å². The van der Waals surface area contributed by atoms with Crippen molar-refractivity contribution in [2.45, 2.75) is 0 Å². The molecule has 0 nitrogen and oxygen atoms in total. The van der Waals surface area contributed by atoms with E-state index in [1.54, 1.807) is 36.4 Å². The lowest BCUT2D eigenvalue weighted by molar-refractivity contribution is 1.65. The maximum Gasteiger partial charge on any atom is 0.0630 e. The van der Waals surface area contributed by atoms with Crippen molar-refractivity contribution in [2.24, 2.45) is 0 Å². The molecule has 0 saturated carbocycles. The van der Waals surface area contributed by atoms with Crippen LogP contribution in [0.2, 0.25) is 0 Å². The molecule has 12 aromatic carbocycles. The molecule has 0 fully saturated rings. The number of hydrogen-bond acceptors (Lipinski definition) is 0. The van der Waals surface area contributed by atoms with Crippen molar-refractivity contribution in [1.29, 1.82) is 0 Å². The maximum atomic E-state index is 9.59. The summed E-state index contributed by atoms with van der Waals surface area (Å²) >= 11 is 0. The summed E-state index contributed by atoms with van der Waals surface area (Å²) in [7, 11) is 0. The lowest BCUT2D eigenvalue weighted by Gasteiger charge is -2.18. The van der Waals surface area contributed by atoms with Crippen molar-refractivity contribution < 1.29 is 24.7 Å². The fourth-order valence-electron chi connectivity index (χ4n) is 7.97. The molecule has 238 valence electrons. The molecule has 0 atom stereocenters. The van der Waals surface area contributed by atoms with Crippen LogP contribution in [0.1, 0.15) is 24.7 Å². The molecule has 12 rings (SSSR count). The third-order valence-corrected chi connectivity index (χ3v) is 10.3. The number of rotatable bonds is 3. The van der Waals surface area contributed by atoms with Gasteiger partial charge >= 0.3 is 0 Å². The van der Waals surface area contributed by atoms with E-state index in [2.05, 4.69) is 0 Å². The monoisotopic (exact) mass is 672 g/mol. The summed E-state index contributed by atoms with van der Waals surface area (Å²) in [5.74, 6) is 0. The highest BCUT2D eigenvalue weighted by Crippen LogP contribution is 2.46. The van der Waals surface area contributed by atoms with Crippen LogP contribution < -0.4 is 0 Å². The van der Waals surface area contributed by atoms with Gasteiger partial charge in [-0.1, -0.05) is 169 Å². The third kappa shape index (κ3) is 3.81. The smallest absolute Gasteiger partial charge is 0.0616 e. The Hall–Kier alpha value is -6.76. The minimum Gasteiger partial charge on any atom is -0.0616 e. The third-order valence-electron chi connectivity index (χ3n) is 10.3. The normalized spacial score (nSPS) is 17.1. The molecule has 0 saturated heterocycles. The summed E-state index contributed by atoms with van der Waals surface area (Å²) in [6.07, 6.45) is 0. The summed E-state index contributed by atoms with van der Waals surface area (Å²) in [5, 5.41) is 1.92. The highest BCUT2D eigenvalue weighted by atomic mass is 14.2. The van der Waals surface area contributed by atoms with Crippen molar-refractivity contribution in [3.63, 3.8) is 0 Å². The average molecular weight is 673 g/mol. The van der Waals surface area contributed by atoms with Gasteiger partial charge in [-0.25, -0.2) is 0 Å². The Balaban J connectivity index is 1.19. The van der Waals surface area contributed by atoms with Crippen molar-refractivity contribution in [2.75, 3.05) is 0 Å². The topological polar surface area (TPSA) is 0 Å². The zero-order chi connectivity index (χ0) is 49.6. The standard InChI is InChI=1S/C52H30/c1-2-12-39-37(7-1)29-38(30-48(39)45-24-20-36-18-16-32-9-6-11-34-22-26-47(45)52(36)50(32)34)40-27-28-43(42-14-4-3-13-41(40)42)44-23-19-35-17-15-31-8-5-10-33-21-25-46(44)51(35)49(31)33/h1-30H/i5D,6D,8D,9D,10D,11D,15D,16D,17D,18D,19D,20D,21D,22D,23D,24D,25D,26D. The van der Waals surface area contributed by atoms with E-state index in [0.717, 1.165) is 0 Å². The average Bonchev–Trinajstić information content (AvgIpc) is 3.35. The van der Waals surface area contributed by atoms with Gasteiger partial charge in [0.2, 0.25) is 0 Å². The molecule has 0 unspecified atom stereocenters. The Bertz CT molecular complexity index is 4400. The van der Waals surface area contributed by atoms with Crippen LogP contribution in [0, 0.1) is 0 Å². The van der Waals surface area contributed by atoms with Gasteiger partial charge in [0, 0.05) is 0 Å². The van der Waals surface area contributed by atoms with Crippen molar-refractivity contribution in [1.82, 2.24) is 0 Å². The van der Waals surface area contributed by atoms with Gasteiger partial charge in [0.1, 0.15) is 0 Å². The highest BCUT2D eigenvalue weighted by Gasteiger charge is 2.18. The number of benzene rings is 12. The molecule has 12 aromatic rings. The van der Waals surface area contributed by atoms with Crippen LogP contribution in [-0.4, -0.2) is 0 Å². The van der Waals surface area contributed by atoms with Crippen LogP contribution in [0.25, 0.3) is 120 Å². The van der Waals surface area contributed by atoms with Gasteiger partial charge in [-0.2, -0.15) is 0 Å². The fourth-order valence-corrected chi connectivity index (χ4v) is 7.97. The second-order valence-corrected chi connectivity index (χ2v) is 13.0. The summed E-state index contributed by atoms with van der Waals surface area (Å²) in [5.41, 5.74) is 2.18. The fraction of sp³-hybridized carbons (Fsp3) is 0. The summed E-state index contributed by atoms with van der Waals surface area (Å²) < 4.78 is 163. The molecule has 0 N–H and O–H groups in total. The van der Waals surface area contributed by atoms with E-state index in [4.69, 9.17) is 13.7 Å². The van der Waals surface area contributed by atoms with Crippen LogP contribution in [-0.2, 0) is 0 Å². The molecular formula is C52H30. The first-order valence-electron chi connectivity index (χ1n) is 25.7. The molecular weight excluding hydrogens is 625 g/mol.